The Morgan fingerprint density at radius 3 is 1.73 bits per heavy atom. The zero-order valence-electron chi connectivity index (χ0n) is 18.5. The summed E-state index contributed by atoms with van der Waals surface area (Å²) in [5, 5.41) is 30.2. The smallest absolute Gasteiger partial charge is 0.306 e. The van der Waals surface area contributed by atoms with Gasteiger partial charge in [0.1, 0.15) is 12.1 Å². The fourth-order valence-corrected chi connectivity index (χ4v) is 3.06. The van der Waals surface area contributed by atoms with Crippen LogP contribution in [-0.4, -0.2) is 58.5 Å². The summed E-state index contributed by atoms with van der Waals surface area (Å²) in [4.78, 5) is 34.1. The molecule has 0 bridgehead atoms. The van der Waals surface area contributed by atoms with E-state index in [1.54, 1.807) is 0 Å². The van der Waals surface area contributed by atoms with Gasteiger partial charge in [-0.25, -0.2) is 0 Å². The largest absolute Gasteiger partial charge is 0.481 e. The second-order valence-corrected chi connectivity index (χ2v) is 7.98. The van der Waals surface area contributed by atoms with Crippen molar-refractivity contribution in [3.8, 4) is 0 Å². The van der Waals surface area contributed by atoms with Crippen molar-refractivity contribution in [3.63, 3.8) is 0 Å². The maximum absolute atomic E-state index is 12.1. The zero-order chi connectivity index (χ0) is 22.7. The van der Waals surface area contributed by atoms with Gasteiger partial charge in [0.2, 0.25) is 5.91 Å². The first-order chi connectivity index (χ1) is 14.4. The number of carbonyl (C=O) groups excluding carboxylic acids is 2. The third kappa shape index (κ3) is 15.2. The van der Waals surface area contributed by atoms with Gasteiger partial charge in [-0.15, -0.1) is 0 Å². The van der Waals surface area contributed by atoms with Gasteiger partial charge in [-0.3, -0.25) is 14.4 Å². The Kier molecular flexibility index (Phi) is 17.1. The summed E-state index contributed by atoms with van der Waals surface area (Å²) in [5.41, 5.74) is -1.46. The molecule has 0 radical (unpaired) electrons. The summed E-state index contributed by atoms with van der Waals surface area (Å²) < 4.78 is 4.91. The molecule has 1 amide bonds. The Bertz CT molecular complexity index is 478. The van der Waals surface area contributed by atoms with Crippen LogP contribution in [0.3, 0.4) is 0 Å². The lowest BCUT2D eigenvalue weighted by molar-refractivity contribution is -0.151. The van der Waals surface area contributed by atoms with Crippen molar-refractivity contribution < 1.29 is 34.4 Å². The van der Waals surface area contributed by atoms with Gasteiger partial charge in [-0.05, 0) is 6.42 Å². The fourth-order valence-electron chi connectivity index (χ4n) is 3.06. The van der Waals surface area contributed by atoms with Crippen molar-refractivity contribution >= 4 is 17.8 Å². The number of unbranched alkanes of at least 4 members (excludes halogenated alkanes) is 10. The fraction of sp³-hybridized carbons (Fsp3) is 0.864. The molecule has 8 heteroatoms. The van der Waals surface area contributed by atoms with Gasteiger partial charge in [0.15, 0.2) is 0 Å². The molecule has 0 aliphatic rings. The van der Waals surface area contributed by atoms with Crippen molar-refractivity contribution in [2.24, 2.45) is 0 Å². The van der Waals surface area contributed by atoms with E-state index in [9.17, 15) is 24.6 Å². The Labute approximate surface area is 180 Å². The Balaban J connectivity index is 3.97. The number of rotatable bonds is 20. The highest BCUT2D eigenvalue weighted by molar-refractivity contribution is 5.77. The van der Waals surface area contributed by atoms with Gasteiger partial charge >= 0.3 is 11.9 Å². The van der Waals surface area contributed by atoms with E-state index >= 15 is 0 Å². The lowest BCUT2D eigenvalue weighted by atomic mass is 10.0. The first-order valence-electron chi connectivity index (χ1n) is 11.3. The van der Waals surface area contributed by atoms with Crippen molar-refractivity contribution in [3.05, 3.63) is 0 Å². The number of carboxylic acid groups (broad SMARTS) is 1. The minimum Gasteiger partial charge on any atom is -0.481 e. The molecule has 0 aliphatic carbocycles. The number of nitrogens with one attached hydrogen (secondary N) is 1. The minimum absolute atomic E-state index is 0.270. The lowest BCUT2D eigenvalue weighted by Gasteiger charge is -2.30. The summed E-state index contributed by atoms with van der Waals surface area (Å²) in [7, 11) is 0. The summed E-state index contributed by atoms with van der Waals surface area (Å²) in [5.74, 6) is -2.21. The molecule has 4 N–H and O–H groups in total. The maximum Gasteiger partial charge on any atom is 0.306 e. The summed E-state index contributed by atoms with van der Waals surface area (Å²) in [6.07, 6.45) is 12.5. The standard InChI is InChI=1S/C22H41NO7/c1-2-3-4-5-6-7-8-9-10-11-12-13-19(26)23-22(16-24,17-25)18-30-21(29)15-14-20(27)28/h24-25H,2-18H2,1H3,(H,23,26)(H,27,28). The van der Waals surface area contributed by atoms with Gasteiger partial charge in [-0.1, -0.05) is 71.1 Å². The number of aliphatic carboxylic acids is 1. The maximum atomic E-state index is 12.1. The van der Waals surface area contributed by atoms with Crippen molar-refractivity contribution in [1.29, 1.82) is 0 Å². The molecule has 0 saturated heterocycles. The normalized spacial score (nSPS) is 11.3. The number of carboxylic acids is 1. The molecule has 0 saturated carbocycles. The highest BCUT2D eigenvalue weighted by Crippen LogP contribution is 2.12. The molecule has 0 atom stereocenters. The number of esters is 1. The third-order valence-corrected chi connectivity index (χ3v) is 5.07. The van der Waals surface area contributed by atoms with E-state index in [0.717, 1.165) is 12.8 Å². The Morgan fingerprint density at radius 2 is 1.27 bits per heavy atom. The highest BCUT2D eigenvalue weighted by Gasteiger charge is 2.32. The predicted molar refractivity (Wildman–Crippen MR) is 114 cm³/mol. The molecule has 8 nitrogen and oxygen atoms in total. The molecule has 176 valence electrons. The van der Waals surface area contributed by atoms with E-state index in [1.165, 1.54) is 51.4 Å². The second-order valence-electron chi connectivity index (χ2n) is 7.98. The molecule has 0 aliphatic heterocycles. The SMILES string of the molecule is CCCCCCCCCCCCCC(=O)NC(CO)(CO)COC(=O)CCC(=O)O. The summed E-state index contributed by atoms with van der Waals surface area (Å²) >= 11 is 0. The van der Waals surface area contributed by atoms with Gasteiger partial charge in [0.05, 0.1) is 26.1 Å². The van der Waals surface area contributed by atoms with Crippen LogP contribution in [0.15, 0.2) is 0 Å². The van der Waals surface area contributed by atoms with E-state index in [-0.39, 0.29) is 25.2 Å². The molecule has 0 spiro atoms. The lowest BCUT2D eigenvalue weighted by Crippen LogP contribution is -2.57. The molecular weight excluding hydrogens is 390 g/mol. The van der Waals surface area contributed by atoms with E-state index in [0.29, 0.717) is 6.42 Å². The van der Waals surface area contributed by atoms with Crippen LogP contribution in [-0.2, 0) is 19.1 Å². The molecule has 0 aromatic heterocycles. The Hall–Kier alpha value is -1.67. The average Bonchev–Trinajstić information content (AvgIpc) is 2.73. The number of amides is 1. The number of ether oxygens (including phenoxy) is 1. The molecule has 0 aromatic rings. The molecule has 30 heavy (non-hydrogen) atoms. The van der Waals surface area contributed by atoms with Crippen molar-refractivity contribution in [1.82, 2.24) is 5.32 Å². The number of carbonyl (C=O) groups is 3. The van der Waals surface area contributed by atoms with Crippen LogP contribution in [0.2, 0.25) is 0 Å². The summed E-state index contributed by atoms with van der Waals surface area (Å²) in [6, 6.07) is 0. The second kappa shape index (κ2) is 18.1. The molecule has 0 aromatic carbocycles. The molecular formula is C22H41NO7. The number of hydrogen-bond donors (Lipinski definition) is 4. The topological polar surface area (TPSA) is 133 Å². The van der Waals surface area contributed by atoms with Gasteiger partial charge in [0, 0.05) is 6.42 Å². The van der Waals surface area contributed by atoms with Gasteiger partial charge < -0.3 is 25.4 Å². The van der Waals surface area contributed by atoms with Gasteiger partial charge in [-0.2, -0.15) is 0 Å². The zero-order valence-corrected chi connectivity index (χ0v) is 18.5. The predicted octanol–water partition coefficient (Wildman–Crippen LogP) is 2.94. The van der Waals surface area contributed by atoms with Crippen LogP contribution in [0.4, 0.5) is 0 Å². The monoisotopic (exact) mass is 431 g/mol. The first-order valence-corrected chi connectivity index (χ1v) is 11.3. The van der Waals surface area contributed by atoms with Crippen LogP contribution < -0.4 is 5.32 Å². The van der Waals surface area contributed by atoms with Gasteiger partial charge in [0.25, 0.3) is 0 Å². The van der Waals surface area contributed by atoms with Crippen LogP contribution in [0.25, 0.3) is 0 Å². The number of aliphatic hydroxyl groups excluding tert-OH is 2. The molecule has 0 unspecified atom stereocenters. The number of aliphatic hydroxyl groups is 2. The minimum atomic E-state index is -1.46. The summed E-state index contributed by atoms with van der Waals surface area (Å²) in [6.45, 7) is 0.607. The van der Waals surface area contributed by atoms with Crippen molar-refractivity contribution in [2.75, 3.05) is 19.8 Å². The molecule has 0 heterocycles. The van der Waals surface area contributed by atoms with Crippen molar-refractivity contribution in [2.45, 2.75) is 102 Å². The Morgan fingerprint density at radius 1 is 0.767 bits per heavy atom. The highest BCUT2D eigenvalue weighted by atomic mass is 16.5. The molecule has 0 rings (SSSR count). The first kappa shape index (κ1) is 28.3. The number of hydrogen-bond acceptors (Lipinski definition) is 6. The van der Waals surface area contributed by atoms with E-state index < -0.39 is 37.3 Å². The van der Waals surface area contributed by atoms with E-state index in [4.69, 9.17) is 9.84 Å². The van der Waals surface area contributed by atoms with Crippen LogP contribution in [0, 0.1) is 0 Å². The van der Waals surface area contributed by atoms with Crippen LogP contribution in [0.5, 0.6) is 0 Å². The quantitative estimate of drug-likeness (QED) is 0.172. The average molecular weight is 432 g/mol. The third-order valence-electron chi connectivity index (χ3n) is 5.07. The van der Waals surface area contributed by atoms with E-state index in [2.05, 4.69) is 12.2 Å². The molecule has 0 fully saturated rings. The van der Waals surface area contributed by atoms with E-state index in [1.807, 2.05) is 0 Å². The van der Waals surface area contributed by atoms with Crippen LogP contribution >= 0.6 is 0 Å². The van der Waals surface area contributed by atoms with Crippen LogP contribution in [0.1, 0.15) is 96.8 Å².